The van der Waals surface area contributed by atoms with Crippen LogP contribution in [0.2, 0.25) is 5.02 Å². The Morgan fingerprint density at radius 1 is 1.15 bits per heavy atom. The van der Waals surface area contributed by atoms with E-state index in [-0.39, 0.29) is 18.4 Å². The molecule has 2 unspecified atom stereocenters. The molecular weight excluding hydrogens is 453 g/mol. The number of likely N-dealkylation sites (N-methyl/N-ethyl adjacent to an activating group) is 1. The number of piperazine rings is 1. The van der Waals surface area contributed by atoms with Crippen molar-refractivity contribution in [3.8, 4) is 0 Å². The monoisotopic (exact) mass is 480 g/mol. The summed E-state index contributed by atoms with van der Waals surface area (Å²) in [6.07, 6.45) is -4.13. The van der Waals surface area contributed by atoms with E-state index in [1.54, 1.807) is 6.07 Å². The number of benzene rings is 2. The first kappa shape index (κ1) is 23.7. The molecule has 2 heterocycles. The van der Waals surface area contributed by atoms with Crippen molar-refractivity contribution in [3.63, 3.8) is 0 Å². The summed E-state index contributed by atoms with van der Waals surface area (Å²) in [5.74, 6) is -0.564. The summed E-state index contributed by atoms with van der Waals surface area (Å²) in [6, 6.07) is 11.3. The van der Waals surface area contributed by atoms with Crippen LogP contribution in [0.4, 0.5) is 24.5 Å². The molecule has 1 fully saturated rings. The van der Waals surface area contributed by atoms with Gasteiger partial charge >= 0.3 is 6.18 Å². The fraction of sp³-hybridized carbons (Fsp3) is 0.458. The Morgan fingerprint density at radius 3 is 2.55 bits per heavy atom. The van der Waals surface area contributed by atoms with Crippen LogP contribution in [0.3, 0.4) is 0 Å². The number of carbonyl (C=O) groups is 1. The minimum Gasteiger partial charge on any atom is -0.368 e. The smallest absolute Gasteiger partial charge is 0.368 e. The molecule has 2 aromatic carbocycles. The van der Waals surface area contributed by atoms with E-state index in [9.17, 15) is 18.0 Å². The second-order valence-corrected chi connectivity index (χ2v) is 9.37. The van der Waals surface area contributed by atoms with Crippen molar-refractivity contribution in [2.24, 2.45) is 5.92 Å². The van der Waals surface area contributed by atoms with Gasteiger partial charge in [0.05, 0.1) is 17.5 Å². The number of amides is 1. The lowest BCUT2D eigenvalue weighted by Crippen LogP contribution is -2.61. The summed E-state index contributed by atoms with van der Waals surface area (Å²) < 4.78 is 40.0. The highest BCUT2D eigenvalue weighted by atomic mass is 35.5. The van der Waals surface area contributed by atoms with Gasteiger partial charge in [-0.2, -0.15) is 13.2 Å². The van der Waals surface area contributed by atoms with E-state index in [2.05, 4.69) is 15.1 Å². The molecule has 2 atom stereocenters. The highest BCUT2D eigenvalue weighted by Gasteiger charge is 2.42. The normalized spacial score (nSPS) is 20.5. The first-order valence-corrected chi connectivity index (χ1v) is 11.4. The minimum absolute atomic E-state index is 0.118. The van der Waals surface area contributed by atoms with Crippen molar-refractivity contribution in [1.29, 1.82) is 0 Å². The molecule has 2 aromatic rings. The molecule has 0 aliphatic carbocycles. The minimum atomic E-state index is -4.41. The highest BCUT2D eigenvalue weighted by Crippen LogP contribution is 2.40. The van der Waals surface area contributed by atoms with Crippen molar-refractivity contribution < 1.29 is 18.0 Å². The Kier molecular flexibility index (Phi) is 6.77. The van der Waals surface area contributed by atoms with Gasteiger partial charge in [0.25, 0.3) is 0 Å². The van der Waals surface area contributed by atoms with Gasteiger partial charge in [-0.25, -0.2) is 0 Å². The molecule has 1 saturated heterocycles. The summed E-state index contributed by atoms with van der Waals surface area (Å²) >= 11 is 6.03. The molecule has 2 aliphatic rings. The predicted octanol–water partition coefficient (Wildman–Crippen LogP) is 3.90. The first-order chi connectivity index (χ1) is 15.6. The number of nitrogens with one attached hydrogen (secondary N) is 1. The van der Waals surface area contributed by atoms with Crippen molar-refractivity contribution in [2.45, 2.75) is 18.6 Å². The van der Waals surface area contributed by atoms with Crippen LogP contribution in [0, 0.1) is 5.92 Å². The van der Waals surface area contributed by atoms with Gasteiger partial charge < -0.3 is 20.0 Å². The fourth-order valence-electron chi connectivity index (χ4n) is 4.72. The molecule has 33 heavy (non-hydrogen) atoms. The van der Waals surface area contributed by atoms with Crippen molar-refractivity contribution in [1.82, 2.24) is 10.2 Å². The predicted molar refractivity (Wildman–Crippen MR) is 125 cm³/mol. The second kappa shape index (κ2) is 9.43. The summed E-state index contributed by atoms with van der Waals surface area (Å²) in [5.41, 5.74) is 1.71. The number of nitrogens with zero attached hydrogens (tertiary/aromatic N) is 3. The van der Waals surface area contributed by atoms with E-state index < -0.39 is 17.7 Å². The van der Waals surface area contributed by atoms with Crippen LogP contribution in [0.25, 0.3) is 0 Å². The summed E-state index contributed by atoms with van der Waals surface area (Å²) in [6.45, 7) is 3.11. The molecule has 0 spiro atoms. The molecule has 2 aliphatic heterocycles. The lowest BCUT2D eigenvalue weighted by molar-refractivity contribution is -0.137. The van der Waals surface area contributed by atoms with Crippen LogP contribution < -0.4 is 15.1 Å². The van der Waals surface area contributed by atoms with Crippen LogP contribution >= 0.6 is 11.6 Å². The third-order valence-electron chi connectivity index (χ3n) is 6.43. The fourth-order valence-corrected chi connectivity index (χ4v) is 4.85. The summed E-state index contributed by atoms with van der Waals surface area (Å²) in [7, 11) is 3.85. The number of hydrogen-bond donors (Lipinski definition) is 1. The molecule has 1 amide bonds. The lowest BCUT2D eigenvalue weighted by Gasteiger charge is -2.49. The van der Waals surface area contributed by atoms with Gasteiger partial charge in [-0.05, 0) is 68.5 Å². The quantitative estimate of drug-likeness (QED) is 0.704. The Hall–Kier alpha value is -2.45. The average Bonchev–Trinajstić information content (AvgIpc) is 2.77. The van der Waals surface area contributed by atoms with Gasteiger partial charge in [0.1, 0.15) is 0 Å². The van der Waals surface area contributed by atoms with Crippen LogP contribution in [0.5, 0.6) is 0 Å². The third kappa shape index (κ3) is 5.22. The zero-order valence-corrected chi connectivity index (χ0v) is 19.5. The van der Waals surface area contributed by atoms with E-state index in [1.165, 1.54) is 6.07 Å². The Bertz CT molecular complexity index is 996. The van der Waals surface area contributed by atoms with Crippen molar-refractivity contribution >= 4 is 28.9 Å². The largest absolute Gasteiger partial charge is 0.416 e. The van der Waals surface area contributed by atoms with Crippen LogP contribution in [-0.2, 0) is 17.4 Å². The van der Waals surface area contributed by atoms with E-state index in [0.29, 0.717) is 43.3 Å². The summed E-state index contributed by atoms with van der Waals surface area (Å²) in [4.78, 5) is 19.5. The third-order valence-corrected chi connectivity index (χ3v) is 6.68. The number of carbonyl (C=O) groups excluding carboxylic acids is 1. The van der Waals surface area contributed by atoms with E-state index in [0.717, 1.165) is 17.4 Å². The maximum atomic E-state index is 13.3. The number of alkyl halides is 3. The zero-order valence-electron chi connectivity index (χ0n) is 18.7. The van der Waals surface area contributed by atoms with Gasteiger partial charge in [0.2, 0.25) is 5.91 Å². The molecule has 0 aromatic heterocycles. The highest BCUT2D eigenvalue weighted by molar-refractivity contribution is 6.30. The molecule has 9 heteroatoms. The number of anilines is 2. The number of rotatable bonds is 5. The molecule has 0 radical (unpaired) electrons. The Balaban J connectivity index is 1.63. The van der Waals surface area contributed by atoms with Crippen LogP contribution in [0.15, 0.2) is 42.5 Å². The average molecular weight is 481 g/mol. The molecule has 0 bridgehead atoms. The van der Waals surface area contributed by atoms with Crippen LogP contribution in [-0.4, -0.2) is 63.7 Å². The molecule has 1 N–H and O–H groups in total. The SMILES string of the molecule is CN(C)CCNC(=O)C1Cc2cc(C(F)(F)F)ccc2N2CCN(c3ccc(Cl)cc3)CC12. The number of hydrogen-bond acceptors (Lipinski definition) is 4. The van der Waals surface area contributed by atoms with E-state index >= 15 is 0 Å². The standard InChI is InChI=1S/C24H28ClF3N4O/c1-30(2)10-9-29-23(33)20-14-16-13-17(24(26,27)28)3-8-21(16)32-12-11-31(15-22(20)32)19-6-4-18(25)5-7-19/h3-8,13,20,22H,9-12,14-15H2,1-2H3,(H,29,33). The van der Waals surface area contributed by atoms with Crippen molar-refractivity contribution in [3.05, 3.63) is 58.6 Å². The topological polar surface area (TPSA) is 38.8 Å². The maximum absolute atomic E-state index is 13.3. The number of halogens is 4. The van der Waals surface area contributed by atoms with Gasteiger partial charge in [-0.1, -0.05) is 11.6 Å². The molecule has 4 rings (SSSR count). The Morgan fingerprint density at radius 2 is 1.88 bits per heavy atom. The maximum Gasteiger partial charge on any atom is 0.416 e. The molecular formula is C24H28ClF3N4O. The van der Waals surface area contributed by atoms with Gasteiger partial charge in [-0.15, -0.1) is 0 Å². The van der Waals surface area contributed by atoms with E-state index in [1.807, 2.05) is 43.3 Å². The molecule has 0 saturated carbocycles. The summed E-state index contributed by atoms with van der Waals surface area (Å²) in [5, 5.41) is 3.64. The molecule has 5 nitrogen and oxygen atoms in total. The zero-order chi connectivity index (χ0) is 23.8. The Labute approximate surface area is 197 Å². The first-order valence-electron chi connectivity index (χ1n) is 11.0. The molecule has 178 valence electrons. The van der Waals surface area contributed by atoms with E-state index in [4.69, 9.17) is 11.6 Å². The lowest BCUT2D eigenvalue weighted by atomic mass is 9.82. The van der Waals surface area contributed by atoms with Gasteiger partial charge in [0, 0.05) is 49.1 Å². The van der Waals surface area contributed by atoms with Crippen molar-refractivity contribution in [2.75, 3.05) is 56.6 Å². The van der Waals surface area contributed by atoms with Gasteiger partial charge in [0.15, 0.2) is 0 Å². The van der Waals surface area contributed by atoms with Gasteiger partial charge in [-0.3, -0.25) is 4.79 Å². The second-order valence-electron chi connectivity index (χ2n) is 8.93. The van der Waals surface area contributed by atoms with Crippen LogP contribution in [0.1, 0.15) is 11.1 Å². The number of fused-ring (bicyclic) bond motifs is 3.